The number of carbonyl (C=O) groups excluding carboxylic acids is 1. The predicted octanol–water partition coefficient (Wildman–Crippen LogP) is 6.81. The average molecular weight is 481 g/mol. The molecule has 0 radical (unpaired) electrons. The summed E-state index contributed by atoms with van der Waals surface area (Å²) in [5, 5.41) is 0. The Morgan fingerprint density at radius 3 is 2.25 bits per heavy atom. The predicted molar refractivity (Wildman–Crippen MR) is 150 cm³/mol. The van der Waals surface area contributed by atoms with Crippen molar-refractivity contribution in [2.45, 2.75) is 70.8 Å². The molecule has 1 saturated heterocycles. The third kappa shape index (κ3) is 5.13. The van der Waals surface area contributed by atoms with Crippen LogP contribution < -0.4 is 4.90 Å². The Labute approximate surface area is 217 Å². The molecule has 188 valence electrons. The van der Waals surface area contributed by atoms with Crippen LogP contribution >= 0.6 is 0 Å². The van der Waals surface area contributed by atoms with Crippen LogP contribution in [0, 0.1) is 6.92 Å². The molecular formula is C33H40N2O. The summed E-state index contributed by atoms with van der Waals surface area (Å²) < 4.78 is 0. The number of amides is 1. The van der Waals surface area contributed by atoms with E-state index in [-0.39, 0.29) is 16.7 Å². The molecule has 0 unspecified atom stereocenters. The zero-order valence-corrected chi connectivity index (χ0v) is 22.4. The molecule has 1 fully saturated rings. The number of rotatable bonds is 5. The Morgan fingerprint density at radius 2 is 1.58 bits per heavy atom. The van der Waals surface area contributed by atoms with Crippen molar-refractivity contribution in [3.8, 4) is 0 Å². The fraction of sp³-hybridized carbons (Fsp3) is 0.424. The molecule has 0 aromatic heterocycles. The molecule has 1 amide bonds. The van der Waals surface area contributed by atoms with E-state index in [1.165, 1.54) is 27.8 Å². The van der Waals surface area contributed by atoms with Crippen LogP contribution in [0.5, 0.6) is 0 Å². The number of anilines is 1. The molecule has 3 aromatic rings. The fourth-order valence-corrected chi connectivity index (χ4v) is 5.97. The Hall–Kier alpha value is -2.91. The van der Waals surface area contributed by atoms with Crippen LogP contribution in [0.4, 0.5) is 5.69 Å². The molecule has 0 aliphatic carbocycles. The highest BCUT2D eigenvalue weighted by atomic mass is 16.2. The van der Waals surface area contributed by atoms with Gasteiger partial charge >= 0.3 is 0 Å². The lowest BCUT2D eigenvalue weighted by molar-refractivity contribution is -0.118. The van der Waals surface area contributed by atoms with Crippen molar-refractivity contribution >= 4 is 11.6 Å². The number of hydrogen-bond donors (Lipinski definition) is 0. The van der Waals surface area contributed by atoms with Crippen molar-refractivity contribution in [1.29, 1.82) is 0 Å². The van der Waals surface area contributed by atoms with Gasteiger partial charge in [-0.25, -0.2) is 0 Å². The van der Waals surface area contributed by atoms with E-state index in [4.69, 9.17) is 0 Å². The highest BCUT2D eigenvalue weighted by Gasteiger charge is 2.46. The fourth-order valence-electron chi connectivity index (χ4n) is 5.97. The lowest BCUT2D eigenvalue weighted by atomic mass is 9.74. The molecule has 2 aliphatic rings. The van der Waals surface area contributed by atoms with E-state index >= 15 is 0 Å². The molecule has 0 atom stereocenters. The van der Waals surface area contributed by atoms with E-state index in [0.717, 1.165) is 51.1 Å². The summed E-state index contributed by atoms with van der Waals surface area (Å²) in [6, 6.07) is 26.2. The van der Waals surface area contributed by atoms with Gasteiger partial charge in [-0.2, -0.15) is 0 Å². The van der Waals surface area contributed by atoms with Crippen molar-refractivity contribution < 1.29 is 4.79 Å². The van der Waals surface area contributed by atoms with Crippen LogP contribution in [0.1, 0.15) is 67.9 Å². The van der Waals surface area contributed by atoms with Crippen LogP contribution in [0.2, 0.25) is 0 Å². The summed E-state index contributed by atoms with van der Waals surface area (Å²) in [7, 11) is 0. The number of piperidine rings is 1. The Kier molecular flexibility index (Phi) is 6.78. The van der Waals surface area contributed by atoms with Gasteiger partial charge in [0.15, 0.2) is 0 Å². The first-order valence-electron chi connectivity index (χ1n) is 13.5. The Morgan fingerprint density at radius 1 is 0.889 bits per heavy atom. The Balaban J connectivity index is 1.27. The largest absolute Gasteiger partial charge is 0.311 e. The summed E-state index contributed by atoms with van der Waals surface area (Å²) in [4.78, 5) is 18.1. The van der Waals surface area contributed by atoms with Crippen molar-refractivity contribution in [1.82, 2.24) is 4.90 Å². The minimum Gasteiger partial charge on any atom is -0.311 e. The van der Waals surface area contributed by atoms with Crippen LogP contribution in [-0.4, -0.2) is 30.4 Å². The molecule has 36 heavy (non-hydrogen) atoms. The van der Waals surface area contributed by atoms with Gasteiger partial charge in [0.2, 0.25) is 5.91 Å². The molecule has 0 N–H and O–H groups in total. The van der Waals surface area contributed by atoms with Gasteiger partial charge in [-0.3, -0.25) is 9.69 Å². The number of nitrogens with zero attached hydrogens (tertiary/aromatic N) is 2. The lowest BCUT2D eigenvalue weighted by Gasteiger charge is -2.40. The molecular weight excluding hydrogens is 440 g/mol. The standard InChI is InChI=1S/C33H40N2O/c1-25-10-16-30-29(22-25)33(24-35(30)31(36)17-13-26-8-6-5-7-9-26)18-20-34(21-19-33)23-27-11-14-28(15-12-27)32(2,3)4/h5-12,14-16,22H,13,17-21,23-24H2,1-4H3. The van der Waals surface area contributed by atoms with Gasteiger partial charge in [-0.15, -0.1) is 0 Å². The first kappa shape index (κ1) is 24.8. The number of aryl methyl sites for hydroxylation is 2. The molecule has 3 heteroatoms. The topological polar surface area (TPSA) is 23.6 Å². The van der Waals surface area contributed by atoms with Gasteiger partial charge < -0.3 is 4.90 Å². The molecule has 3 nitrogen and oxygen atoms in total. The molecule has 2 heterocycles. The number of likely N-dealkylation sites (tertiary alicyclic amines) is 1. The van der Waals surface area contributed by atoms with E-state index in [0.29, 0.717) is 6.42 Å². The number of benzene rings is 3. The van der Waals surface area contributed by atoms with Crippen LogP contribution in [0.25, 0.3) is 0 Å². The third-order valence-electron chi connectivity index (χ3n) is 8.29. The van der Waals surface area contributed by atoms with Crippen LogP contribution in [-0.2, 0) is 28.6 Å². The molecule has 1 spiro atoms. The van der Waals surface area contributed by atoms with Gasteiger partial charge in [-0.05, 0) is 73.0 Å². The highest BCUT2D eigenvalue weighted by Crippen LogP contribution is 2.47. The van der Waals surface area contributed by atoms with Crippen LogP contribution in [0.3, 0.4) is 0 Å². The molecule has 2 aliphatic heterocycles. The monoisotopic (exact) mass is 480 g/mol. The quantitative estimate of drug-likeness (QED) is 0.401. The maximum atomic E-state index is 13.4. The first-order valence-corrected chi connectivity index (χ1v) is 13.5. The normalized spacial score (nSPS) is 17.4. The smallest absolute Gasteiger partial charge is 0.227 e. The number of carbonyl (C=O) groups is 1. The summed E-state index contributed by atoms with van der Waals surface area (Å²) in [6.07, 6.45) is 3.56. The summed E-state index contributed by atoms with van der Waals surface area (Å²) >= 11 is 0. The second kappa shape index (κ2) is 9.86. The summed E-state index contributed by atoms with van der Waals surface area (Å²) in [6.45, 7) is 12.9. The molecule has 3 aromatic carbocycles. The Bertz CT molecular complexity index is 1200. The zero-order chi connectivity index (χ0) is 25.3. The van der Waals surface area contributed by atoms with E-state index in [1.54, 1.807) is 0 Å². The number of fused-ring (bicyclic) bond motifs is 2. The second-order valence-electron chi connectivity index (χ2n) is 12.0. The molecule has 0 saturated carbocycles. The average Bonchev–Trinajstić information content (AvgIpc) is 3.18. The van der Waals surface area contributed by atoms with Crippen molar-refractivity contribution in [2.75, 3.05) is 24.5 Å². The van der Waals surface area contributed by atoms with Gasteiger partial charge in [0.05, 0.1) is 0 Å². The lowest BCUT2D eigenvalue weighted by Crippen LogP contribution is -2.45. The van der Waals surface area contributed by atoms with Crippen molar-refractivity contribution in [3.63, 3.8) is 0 Å². The van der Waals surface area contributed by atoms with E-state index < -0.39 is 0 Å². The number of hydrogen-bond acceptors (Lipinski definition) is 2. The van der Waals surface area contributed by atoms with E-state index in [1.807, 2.05) is 6.07 Å². The van der Waals surface area contributed by atoms with Crippen molar-refractivity contribution in [2.24, 2.45) is 0 Å². The molecule has 5 rings (SSSR count). The first-order chi connectivity index (χ1) is 17.2. The molecule has 0 bridgehead atoms. The van der Waals surface area contributed by atoms with Crippen molar-refractivity contribution in [3.05, 3.63) is 101 Å². The highest BCUT2D eigenvalue weighted by molar-refractivity contribution is 5.96. The van der Waals surface area contributed by atoms with Gasteiger partial charge in [0, 0.05) is 30.6 Å². The van der Waals surface area contributed by atoms with Gasteiger partial charge in [-0.1, -0.05) is 93.1 Å². The minimum absolute atomic E-state index is 0.0797. The van der Waals surface area contributed by atoms with Gasteiger partial charge in [0.25, 0.3) is 0 Å². The van der Waals surface area contributed by atoms with Gasteiger partial charge in [0.1, 0.15) is 0 Å². The van der Waals surface area contributed by atoms with E-state index in [9.17, 15) is 4.79 Å². The summed E-state index contributed by atoms with van der Waals surface area (Å²) in [5.74, 6) is 0.252. The SMILES string of the molecule is Cc1ccc2c(c1)C1(CCN(Cc3ccc(C(C)(C)C)cc3)CC1)CN2C(=O)CCc1ccccc1. The van der Waals surface area contributed by atoms with E-state index in [2.05, 4.69) is 104 Å². The maximum absolute atomic E-state index is 13.4. The minimum atomic E-state index is 0.0797. The second-order valence-corrected chi connectivity index (χ2v) is 12.0. The maximum Gasteiger partial charge on any atom is 0.227 e. The summed E-state index contributed by atoms with van der Waals surface area (Å²) in [5.41, 5.74) is 8.10. The van der Waals surface area contributed by atoms with Crippen LogP contribution in [0.15, 0.2) is 72.8 Å². The third-order valence-corrected chi connectivity index (χ3v) is 8.29. The zero-order valence-electron chi connectivity index (χ0n) is 22.4.